The van der Waals surface area contributed by atoms with E-state index in [1.165, 1.54) is 11.1 Å². The summed E-state index contributed by atoms with van der Waals surface area (Å²) in [5.41, 5.74) is 2.23. The van der Waals surface area contributed by atoms with E-state index in [0.717, 1.165) is 0 Å². The predicted octanol–water partition coefficient (Wildman–Crippen LogP) is 5.39. The molecule has 3 aromatic rings. The van der Waals surface area contributed by atoms with Crippen molar-refractivity contribution in [3.8, 4) is 11.3 Å². The molecule has 0 bridgehead atoms. The first-order valence-electron chi connectivity index (χ1n) is 10.3. The molecular formula is C25H19BrN2O6. The molecule has 0 atom stereocenters. The smallest absolute Gasteiger partial charge is 0.338 e. The molecule has 172 valence electrons. The van der Waals surface area contributed by atoms with Crippen molar-refractivity contribution in [2.75, 3.05) is 11.6 Å². The first-order valence-corrected chi connectivity index (χ1v) is 11.1. The Morgan fingerprint density at radius 3 is 2.56 bits per heavy atom. The SMILES string of the molecule is CCOC(=O)c1ccc(N2N=C(C)C(=Cc3ccc(-c4ccc(Br)cc4C(=O)O)o3)C2=O)cc1. The Morgan fingerprint density at radius 1 is 1.15 bits per heavy atom. The molecule has 0 aliphatic carbocycles. The van der Waals surface area contributed by atoms with E-state index in [9.17, 15) is 19.5 Å². The normalized spacial score (nSPS) is 14.4. The summed E-state index contributed by atoms with van der Waals surface area (Å²) in [5, 5.41) is 15.1. The highest BCUT2D eigenvalue weighted by atomic mass is 79.9. The number of hydrogen-bond donors (Lipinski definition) is 1. The Balaban J connectivity index is 1.59. The number of halogens is 1. The molecule has 1 N–H and O–H groups in total. The van der Waals surface area contributed by atoms with Crippen molar-refractivity contribution < 1.29 is 28.6 Å². The number of aromatic carboxylic acids is 1. The maximum Gasteiger partial charge on any atom is 0.338 e. The lowest BCUT2D eigenvalue weighted by Crippen LogP contribution is -2.21. The monoisotopic (exact) mass is 522 g/mol. The predicted molar refractivity (Wildman–Crippen MR) is 130 cm³/mol. The molecule has 1 aliphatic heterocycles. The molecule has 0 saturated carbocycles. The second-order valence-electron chi connectivity index (χ2n) is 7.32. The van der Waals surface area contributed by atoms with Crippen LogP contribution in [0.1, 0.15) is 40.3 Å². The van der Waals surface area contributed by atoms with E-state index in [0.29, 0.717) is 44.1 Å². The van der Waals surface area contributed by atoms with Gasteiger partial charge in [-0.25, -0.2) is 9.59 Å². The van der Waals surface area contributed by atoms with E-state index in [1.807, 2.05) is 0 Å². The quantitative estimate of drug-likeness (QED) is 0.343. The van der Waals surface area contributed by atoms with Gasteiger partial charge in [0, 0.05) is 10.0 Å². The number of anilines is 1. The topological polar surface area (TPSA) is 109 Å². The fourth-order valence-corrected chi connectivity index (χ4v) is 3.80. The fourth-order valence-electron chi connectivity index (χ4n) is 3.44. The first kappa shape index (κ1) is 23.2. The van der Waals surface area contributed by atoms with Crippen molar-refractivity contribution in [3.63, 3.8) is 0 Å². The highest BCUT2D eigenvalue weighted by Gasteiger charge is 2.29. The van der Waals surface area contributed by atoms with Crippen molar-refractivity contribution in [1.29, 1.82) is 0 Å². The van der Waals surface area contributed by atoms with Crippen LogP contribution in [0.3, 0.4) is 0 Å². The number of benzene rings is 2. The standard InChI is InChI=1S/C25H19BrN2O6/c1-3-33-25(32)15-4-7-17(8-5-15)28-23(29)20(14(2)27-28)13-18-9-11-22(34-18)19-10-6-16(26)12-21(19)24(30)31/h4-13H,3H2,1-2H3,(H,30,31). The summed E-state index contributed by atoms with van der Waals surface area (Å²) >= 11 is 3.27. The summed E-state index contributed by atoms with van der Waals surface area (Å²) in [6, 6.07) is 14.6. The second-order valence-corrected chi connectivity index (χ2v) is 8.24. The van der Waals surface area contributed by atoms with Crippen LogP contribution in [0.5, 0.6) is 0 Å². The van der Waals surface area contributed by atoms with E-state index in [1.54, 1.807) is 68.5 Å². The van der Waals surface area contributed by atoms with Crippen LogP contribution in [-0.4, -0.2) is 35.3 Å². The number of carboxylic acid groups (broad SMARTS) is 1. The summed E-state index contributed by atoms with van der Waals surface area (Å²) in [5.74, 6) is -1.12. The number of hydrazone groups is 1. The molecule has 2 heterocycles. The summed E-state index contributed by atoms with van der Waals surface area (Å²) in [6.45, 7) is 3.71. The van der Waals surface area contributed by atoms with Crippen LogP contribution in [0.15, 0.2) is 74.2 Å². The number of rotatable bonds is 6. The van der Waals surface area contributed by atoms with Gasteiger partial charge in [-0.2, -0.15) is 10.1 Å². The molecule has 0 spiro atoms. The van der Waals surface area contributed by atoms with Crippen LogP contribution in [0.2, 0.25) is 0 Å². The zero-order valence-corrected chi connectivity index (χ0v) is 19.8. The third-order valence-electron chi connectivity index (χ3n) is 5.08. The van der Waals surface area contributed by atoms with Gasteiger partial charge in [-0.1, -0.05) is 15.9 Å². The summed E-state index contributed by atoms with van der Waals surface area (Å²) in [6.07, 6.45) is 1.57. The third kappa shape index (κ3) is 4.55. The number of carboxylic acids is 1. The number of amides is 1. The molecule has 1 aromatic heterocycles. The Morgan fingerprint density at radius 2 is 1.88 bits per heavy atom. The van der Waals surface area contributed by atoms with Crippen molar-refractivity contribution in [2.24, 2.45) is 5.10 Å². The van der Waals surface area contributed by atoms with Crippen molar-refractivity contribution in [2.45, 2.75) is 13.8 Å². The zero-order valence-electron chi connectivity index (χ0n) is 18.2. The molecule has 0 saturated heterocycles. The second kappa shape index (κ2) is 9.48. The van der Waals surface area contributed by atoms with Crippen molar-refractivity contribution >= 4 is 51.3 Å². The van der Waals surface area contributed by atoms with Gasteiger partial charge < -0.3 is 14.3 Å². The Hall–Kier alpha value is -3.98. The van der Waals surface area contributed by atoms with Gasteiger partial charge in [-0.15, -0.1) is 0 Å². The summed E-state index contributed by atoms with van der Waals surface area (Å²) in [7, 11) is 0. The molecule has 4 rings (SSSR count). The minimum Gasteiger partial charge on any atom is -0.478 e. The van der Waals surface area contributed by atoms with Gasteiger partial charge in [0.15, 0.2) is 0 Å². The van der Waals surface area contributed by atoms with Gasteiger partial charge in [-0.3, -0.25) is 4.79 Å². The number of esters is 1. The molecule has 1 aliphatic rings. The van der Waals surface area contributed by atoms with Crippen molar-refractivity contribution in [1.82, 2.24) is 0 Å². The molecule has 9 heteroatoms. The lowest BCUT2D eigenvalue weighted by atomic mass is 10.1. The number of carbonyl (C=O) groups is 3. The van der Waals surface area contributed by atoms with Gasteiger partial charge in [0.25, 0.3) is 5.91 Å². The van der Waals surface area contributed by atoms with Crippen molar-refractivity contribution in [3.05, 3.63) is 81.5 Å². The molecule has 2 aromatic carbocycles. The van der Waals surface area contributed by atoms with Gasteiger partial charge >= 0.3 is 11.9 Å². The molecule has 0 radical (unpaired) electrons. The van der Waals surface area contributed by atoms with Crippen LogP contribution < -0.4 is 5.01 Å². The average Bonchev–Trinajstić information content (AvgIpc) is 3.39. The summed E-state index contributed by atoms with van der Waals surface area (Å²) in [4.78, 5) is 36.5. The highest BCUT2D eigenvalue weighted by Crippen LogP contribution is 2.30. The Labute approximate surface area is 203 Å². The minimum absolute atomic E-state index is 0.0926. The van der Waals surface area contributed by atoms with Crippen LogP contribution in [0.4, 0.5) is 5.69 Å². The lowest BCUT2D eigenvalue weighted by Gasteiger charge is -2.12. The maximum atomic E-state index is 13.0. The average molecular weight is 523 g/mol. The van der Waals surface area contributed by atoms with Crippen LogP contribution >= 0.6 is 15.9 Å². The van der Waals surface area contributed by atoms with Crippen LogP contribution in [-0.2, 0) is 9.53 Å². The molecule has 8 nitrogen and oxygen atoms in total. The van der Waals surface area contributed by atoms with E-state index in [2.05, 4.69) is 21.0 Å². The molecule has 0 fully saturated rings. The van der Waals surface area contributed by atoms with Crippen LogP contribution in [0.25, 0.3) is 17.4 Å². The zero-order chi connectivity index (χ0) is 24.4. The largest absolute Gasteiger partial charge is 0.478 e. The number of ether oxygens (including phenoxy) is 1. The molecular weight excluding hydrogens is 504 g/mol. The van der Waals surface area contributed by atoms with E-state index in [4.69, 9.17) is 9.15 Å². The number of furan rings is 1. The number of carbonyl (C=O) groups excluding carboxylic acids is 2. The number of hydrogen-bond acceptors (Lipinski definition) is 6. The first-order chi connectivity index (χ1) is 16.3. The minimum atomic E-state index is -1.08. The fraction of sp³-hybridized carbons (Fsp3) is 0.120. The van der Waals surface area contributed by atoms with E-state index >= 15 is 0 Å². The van der Waals surface area contributed by atoms with E-state index in [-0.39, 0.29) is 18.1 Å². The van der Waals surface area contributed by atoms with Gasteiger partial charge in [0.1, 0.15) is 11.5 Å². The third-order valence-corrected chi connectivity index (χ3v) is 5.57. The molecule has 34 heavy (non-hydrogen) atoms. The highest BCUT2D eigenvalue weighted by molar-refractivity contribution is 9.10. The Bertz CT molecular complexity index is 1350. The lowest BCUT2D eigenvalue weighted by molar-refractivity contribution is -0.114. The molecule has 0 unspecified atom stereocenters. The van der Waals surface area contributed by atoms with Gasteiger partial charge in [0.2, 0.25) is 0 Å². The van der Waals surface area contributed by atoms with Gasteiger partial charge in [-0.05, 0) is 74.5 Å². The van der Waals surface area contributed by atoms with E-state index < -0.39 is 11.9 Å². The van der Waals surface area contributed by atoms with Gasteiger partial charge in [0.05, 0.1) is 34.7 Å². The van der Waals surface area contributed by atoms with Crippen LogP contribution in [0, 0.1) is 0 Å². The molecule has 1 amide bonds. The summed E-state index contributed by atoms with van der Waals surface area (Å²) < 4.78 is 11.4. The maximum absolute atomic E-state index is 13.0. The number of nitrogens with zero attached hydrogens (tertiary/aromatic N) is 2. The Kier molecular flexibility index (Phi) is 6.47.